The van der Waals surface area contributed by atoms with E-state index in [1.807, 2.05) is 32.0 Å². The maximum atomic E-state index is 12.4. The van der Waals surface area contributed by atoms with Crippen molar-refractivity contribution < 1.29 is 14.4 Å². The highest BCUT2D eigenvalue weighted by atomic mass is 79.9. The molecule has 1 aliphatic heterocycles. The third-order valence-electron chi connectivity index (χ3n) is 4.77. The fourth-order valence-electron chi connectivity index (χ4n) is 3.04. The molecule has 27 heavy (non-hydrogen) atoms. The first-order valence-electron chi connectivity index (χ1n) is 8.59. The van der Waals surface area contributed by atoms with Crippen LogP contribution in [-0.4, -0.2) is 24.3 Å². The molecule has 7 heteroatoms. The highest BCUT2D eigenvalue weighted by molar-refractivity contribution is 9.10. The van der Waals surface area contributed by atoms with Gasteiger partial charge in [0.05, 0.1) is 5.92 Å². The molecule has 1 saturated heterocycles. The van der Waals surface area contributed by atoms with E-state index >= 15 is 0 Å². The summed E-state index contributed by atoms with van der Waals surface area (Å²) >= 11 is 3.30. The zero-order chi connectivity index (χ0) is 19.6. The summed E-state index contributed by atoms with van der Waals surface area (Å²) in [6, 6.07) is 12.6. The van der Waals surface area contributed by atoms with Gasteiger partial charge in [-0.2, -0.15) is 0 Å². The van der Waals surface area contributed by atoms with Gasteiger partial charge in [0.1, 0.15) is 0 Å². The summed E-state index contributed by atoms with van der Waals surface area (Å²) in [4.78, 5) is 38.5. The predicted octanol–water partition coefficient (Wildman–Crippen LogP) is 2.88. The van der Waals surface area contributed by atoms with Crippen molar-refractivity contribution in [2.24, 2.45) is 5.92 Å². The third kappa shape index (κ3) is 4.19. The lowest BCUT2D eigenvalue weighted by Crippen LogP contribution is -2.45. The number of hydrogen-bond acceptors (Lipinski definition) is 3. The molecule has 0 radical (unpaired) electrons. The summed E-state index contributed by atoms with van der Waals surface area (Å²) < 4.78 is 0.860. The number of benzene rings is 2. The molecule has 3 amide bonds. The number of halogens is 1. The SMILES string of the molecule is Cc1cccc(N2C[C@H](C(=O)NNC(=O)c3ccc(Br)cc3)CC2=O)c1C. The highest BCUT2D eigenvalue weighted by Crippen LogP contribution is 2.29. The second-order valence-electron chi connectivity index (χ2n) is 6.57. The van der Waals surface area contributed by atoms with Gasteiger partial charge in [0.25, 0.3) is 5.91 Å². The maximum Gasteiger partial charge on any atom is 0.269 e. The van der Waals surface area contributed by atoms with Crippen LogP contribution in [0.4, 0.5) is 5.69 Å². The number of nitrogens with zero attached hydrogens (tertiary/aromatic N) is 1. The van der Waals surface area contributed by atoms with Gasteiger partial charge >= 0.3 is 0 Å². The molecule has 0 unspecified atom stereocenters. The average Bonchev–Trinajstić information content (AvgIpc) is 3.04. The third-order valence-corrected chi connectivity index (χ3v) is 5.30. The van der Waals surface area contributed by atoms with Crippen molar-refractivity contribution in [3.8, 4) is 0 Å². The van der Waals surface area contributed by atoms with E-state index in [4.69, 9.17) is 0 Å². The van der Waals surface area contributed by atoms with Crippen molar-refractivity contribution in [2.45, 2.75) is 20.3 Å². The average molecular weight is 430 g/mol. The van der Waals surface area contributed by atoms with Crippen LogP contribution in [0.5, 0.6) is 0 Å². The van der Waals surface area contributed by atoms with Crippen molar-refractivity contribution in [3.05, 3.63) is 63.6 Å². The van der Waals surface area contributed by atoms with E-state index in [0.29, 0.717) is 12.1 Å². The van der Waals surface area contributed by atoms with Crippen molar-refractivity contribution in [2.75, 3.05) is 11.4 Å². The molecule has 1 fully saturated rings. The second-order valence-corrected chi connectivity index (χ2v) is 7.49. The predicted molar refractivity (Wildman–Crippen MR) is 106 cm³/mol. The minimum Gasteiger partial charge on any atom is -0.311 e. The largest absolute Gasteiger partial charge is 0.311 e. The van der Waals surface area contributed by atoms with Crippen LogP contribution in [0.15, 0.2) is 46.9 Å². The Hall–Kier alpha value is -2.67. The van der Waals surface area contributed by atoms with Crippen molar-refractivity contribution in [1.82, 2.24) is 10.9 Å². The molecule has 0 bridgehead atoms. The quantitative estimate of drug-likeness (QED) is 0.736. The Morgan fingerprint density at radius 2 is 1.78 bits per heavy atom. The molecule has 0 aromatic heterocycles. The Morgan fingerprint density at radius 1 is 1.07 bits per heavy atom. The van der Waals surface area contributed by atoms with Crippen LogP contribution in [0, 0.1) is 19.8 Å². The lowest BCUT2D eigenvalue weighted by molar-refractivity contribution is -0.126. The Labute approximate surface area is 166 Å². The summed E-state index contributed by atoms with van der Waals surface area (Å²) in [5.74, 6) is -1.39. The molecule has 6 nitrogen and oxygen atoms in total. The number of aryl methyl sites for hydroxylation is 1. The first-order chi connectivity index (χ1) is 12.9. The van der Waals surface area contributed by atoms with E-state index in [2.05, 4.69) is 26.8 Å². The number of amides is 3. The molecular weight excluding hydrogens is 410 g/mol. The zero-order valence-corrected chi connectivity index (χ0v) is 16.7. The van der Waals surface area contributed by atoms with E-state index in [1.54, 1.807) is 29.2 Å². The van der Waals surface area contributed by atoms with Gasteiger partial charge in [-0.05, 0) is 55.3 Å². The topological polar surface area (TPSA) is 78.5 Å². The van der Waals surface area contributed by atoms with Crippen LogP contribution in [0.1, 0.15) is 27.9 Å². The van der Waals surface area contributed by atoms with Crippen LogP contribution in [0.3, 0.4) is 0 Å². The number of anilines is 1. The first-order valence-corrected chi connectivity index (χ1v) is 9.38. The Bertz CT molecular complexity index is 896. The van der Waals surface area contributed by atoms with Crippen LogP contribution in [0.25, 0.3) is 0 Å². The number of hydrazine groups is 1. The van der Waals surface area contributed by atoms with Gasteiger partial charge in [0.2, 0.25) is 11.8 Å². The summed E-state index contributed by atoms with van der Waals surface area (Å²) in [7, 11) is 0. The lowest BCUT2D eigenvalue weighted by atomic mass is 10.1. The molecule has 2 aromatic carbocycles. The van der Waals surface area contributed by atoms with Crippen LogP contribution < -0.4 is 15.8 Å². The lowest BCUT2D eigenvalue weighted by Gasteiger charge is -2.20. The Morgan fingerprint density at radius 3 is 2.48 bits per heavy atom. The fourth-order valence-corrected chi connectivity index (χ4v) is 3.30. The van der Waals surface area contributed by atoms with E-state index in [0.717, 1.165) is 21.3 Å². The van der Waals surface area contributed by atoms with Gasteiger partial charge in [-0.3, -0.25) is 25.2 Å². The molecule has 1 heterocycles. The summed E-state index contributed by atoms with van der Waals surface area (Å²) in [6.45, 7) is 4.24. The molecule has 3 rings (SSSR count). The molecule has 1 aliphatic rings. The van der Waals surface area contributed by atoms with Gasteiger partial charge in [-0.15, -0.1) is 0 Å². The highest BCUT2D eigenvalue weighted by Gasteiger charge is 2.36. The van der Waals surface area contributed by atoms with Crippen LogP contribution in [0.2, 0.25) is 0 Å². The normalized spacial score (nSPS) is 16.3. The molecule has 140 valence electrons. The van der Waals surface area contributed by atoms with Crippen LogP contribution in [-0.2, 0) is 9.59 Å². The minimum absolute atomic E-state index is 0.0944. The molecule has 0 saturated carbocycles. The van der Waals surface area contributed by atoms with Gasteiger partial charge in [0, 0.05) is 28.7 Å². The molecule has 0 aliphatic carbocycles. The number of carbonyl (C=O) groups excluding carboxylic acids is 3. The van der Waals surface area contributed by atoms with Crippen LogP contribution >= 0.6 is 15.9 Å². The fraction of sp³-hybridized carbons (Fsp3) is 0.250. The smallest absolute Gasteiger partial charge is 0.269 e. The summed E-state index contributed by atoms with van der Waals surface area (Å²) in [5, 5.41) is 0. The van der Waals surface area contributed by atoms with Gasteiger partial charge in [0.15, 0.2) is 0 Å². The van der Waals surface area contributed by atoms with E-state index in [9.17, 15) is 14.4 Å². The monoisotopic (exact) mass is 429 g/mol. The maximum absolute atomic E-state index is 12.4. The summed E-state index contributed by atoms with van der Waals surface area (Å²) in [6.07, 6.45) is 0.118. The number of nitrogens with one attached hydrogen (secondary N) is 2. The molecule has 0 spiro atoms. The Balaban J connectivity index is 1.61. The standard InChI is InChI=1S/C20H20BrN3O3/c1-12-4-3-5-17(13(12)2)24-11-15(10-18(24)25)20(27)23-22-19(26)14-6-8-16(21)9-7-14/h3-9,15H,10-11H2,1-2H3,(H,22,26)(H,23,27)/t15-/m1/s1. The van der Waals surface area contributed by atoms with Gasteiger partial charge in [-0.25, -0.2) is 0 Å². The van der Waals surface area contributed by atoms with E-state index in [-0.39, 0.29) is 18.2 Å². The molecular formula is C20H20BrN3O3. The van der Waals surface area contributed by atoms with Crippen molar-refractivity contribution >= 4 is 39.3 Å². The summed E-state index contributed by atoms with van der Waals surface area (Å²) in [5.41, 5.74) is 8.20. The number of rotatable bonds is 3. The zero-order valence-electron chi connectivity index (χ0n) is 15.1. The molecule has 2 N–H and O–H groups in total. The van der Waals surface area contributed by atoms with Gasteiger partial charge in [-0.1, -0.05) is 28.1 Å². The number of carbonyl (C=O) groups is 3. The second kappa shape index (κ2) is 7.92. The molecule has 2 aromatic rings. The number of hydrogen-bond donors (Lipinski definition) is 2. The van der Waals surface area contributed by atoms with Crippen molar-refractivity contribution in [3.63, 3.8) is 0 Å². The minimum atomic E-state index is -0.511. The van der Waals surface area contributed by atoms with E-state index < -0.39 is 11.8 Å². The van der Waals surface area contributed by atoms with Crippen molar-refractivity contribution in [1.29, 1.82) is 0 Å². The Kier molecular flexibility index (Phi) is 5.60. The molecule has 1 atom stereocenters. The first kappa shape index (κ1) is 19.1. The van der Waals surface area contributed by atoms with Gasteiger partial charge < -0.3 is 4.90 Å². The van der Waals surface area contributed by atoms with E-state index in [1.165, 1.54) is 0 Å².